The van der Waals surface area contributed by atoms with Crippen molar-refractivity contribution in [2.75, 3.05) is 6.54 Å². The minimum atomic E-state index is 0.786. The Morgan fingerprint density at radius 1 is 1.47 bits per heavy atom. The lowest BCUT2D eigenvalue weighted by molar-refractivity contribution is 0.567. The van der Waals surface area contributed by atoms with Crippen molar-refractivity contribution in [1.29, 1.82) is 0 Å². The quantitative estimate of drug-likeness (QED) is 0.727. The normalized spacial score (nSPS) is 15.3. The molecule has 0 radical (unpaired) electrons. The lowest BCUT2D eigenvalue weighted by Gasteiger charge is -2.12. The molecular weight excluding hydrogens is 192 g/mol. The fourth-order valence-corrected chi connectivity index (χ4v) is 1.96. The summed E-state index contributed by atoms with van der Waals surface area (Å²) in [6.07, 6.45) is 2.45. The van der Waals surface area contributed by atoms with Crippen LogP contribution in [0.3, 0.4) is 0 Å². The largest absolute Gasteiger partial charge is 0.441 e. The molecule has 2 aromatic heterocycles. The number of nitrogens with zero attached hydrogens (tertiary/aromatic N) is 2. The van der Waals surface area contributed by atoms with Crippen LogP contribution in [0.1, 0.15) is 17.0 Å². The van der Waals surface area contributed by atoms with Crippen LogP contribution >= 0.6 is 0 Å². The number of aryl methyl sites for hydroxylation is 1. The molecule has 1 aliphatic rings. The van der Waals surface area contributed by atoms with Crippen LogP contribution in [0, 0.1) is 6.92 Å². The molecule has 0 unspecified atom stereocenters. The van der Waals surface area contributed by atoms with E-state index in [4.69, 9.17) is 4.42 Å². The van der Waals surface area contributed by atoms with Crippen LogP contribution in [-0.4, -0.2) is 21.7 Å². The molecule has 1 aliphatic heterocycles. The van der Waals surface area contributed by atoms with Crippen LogP contribution in [0.4, 0.5) is 0 Å². The number of rotatable bonds is 1. The first-order chi connectivity index (χ1) is 7.36. The maximum Gasteiger partial charge on any atom is 0.181 e. The zero-order valence-corrected chi connectivity index (χ0v) is 8.50. The van der Waals surface area contributed by atoms with E-state index in [2.05, 4.69) is 20.5 Å². The van der Waals surface area contributed by atoms with Gasteiger partial charge in [-0.2, -0.15) is 5.10 Å². The van der Waals surface area contributed by atoms with E-state index < -0.39 is 0 Å². The Labute approximate surface area is 86.9 Å². The fraction of sp³-hybridized carbons (Fsp3) is 0.400. The summed E-state index contributed by atoms with van der Waals surface area (Å²) in [7, 11) is 0. The number of fused-ring (bicyclic) bond motifs is 1. The molecular formula is C10H12N4O. The second-order valence-electron chi connectivity index (χ2n) is 3.72. The highest BCUT2D eigenvalue weighted by atomic mass is 16.3. The van der Waals surface area contributed by atoms with Gasteiger partial charge in [0.15, 0.2) is 12.2 Å². The van der Waals surface area contributed by atoms with Crippen molar-refractivity contribution < 1.29 is 4.42 Å². The van der Waals surface area contributed by atoms with Crippen molar-refractivity contribution in [2.45, 2.75) is 19.9 Å². The summed E-state index contributed by atoms with van der Waals surface area (Å²) >= 11 is 0. The Bertz CT molecular complexity index is 485. The summed E-state index contributed by atoms with van der Waals surface area (Å²) in [6.45, 7) is 3.78. The molecule has 0 saturated heterocycles. The Morgan fingerprint density at radius 3 is 3.20 bits per heavy atom. The van der Waals surface area contributed by atoms with E-state index in [1.165, 1.54) is 12.0 Å². The standard InChI is InChI=1S/C10H12N4O/c1-6-10(15-5-12-6)9-7-2-3-11-4-8(7)13-14-9/h5,11H,2-4H2,1H3,(H,13,14). The molecule has 2 aromatic rings. The van der Waals surface area contributed by atoms with Gasteiger partial charge in [-0.3, -0.25) is 5.10 Å². The van der Waals surface area contributed by atoms with Crippen molar-refractivity contribution >= 4 is 0 Å². The maximum atomic E-state index is 5.36. The number of H-pyrrole nitrogens is 1. The maximum absolute atomic E-state index is 5.36. The molecule has 0 spiro atoms. The summed E-state index contributed by atoms with van der Waals surface area (Å²) in [5, 5.41) is 10.6. The predicted molar refractivity (Wildman–Crippen MR) is 54.2 cm³/mol. The van der Waals surface area contributed by atoms with E-state index in [9.17, 15) is 0 Å². The highest BCUT2D eigenvalue weighted by Gasteiger charge is 2.20. The van der Waals surface area contributed by atoms with Crippen LogP contribution in [0.2, 0.25) is 0 Å². The summed E-state index contributed by atoms with van der Waals surface area (Å²) < 4.78 is 5.36. The molecule has 0 fully saturated rings. The van der Waals surface area contributed by atoms with Gasteiger partial charge in [0.1, 0.15) is 5.69 Å². The van der Waals surface area contributed by atoms with Crippen LogP contribution in [0.25, 0.3) is 11.5 Å². The molecule has 0 atom stereocenters. The number of aromatic nitrogens is 3. The van der Waals surface area contributed by atoms with E-state index in [1.54, 1.807) is 0 Å². The van der Waals surface area contributed by atoms with Crippen LogP contribution in [0.15, 0.2) is 10.8 Å². The predicted octanol–water partition coefficient (Wildman–Crippen LogP) is 1.02. The zero-order chi connectivity index (χ0) is 10.3. The van der Waals surface area contributed by atoms with Gasteiger partial charge in [-0.15, -0.1) is 0 Å². The number of oxazole rings is 1. The van der Waals surface area contributed by atoms with E-state index in [0.717, 1.165) is 42.4 Å². The van der Waals surface area contributed by atoms with Crippen molar-refractivity contribution in [1.82, 2.24) is 20.5 Å². The van der Waals surface area contributed by atoms with E-state index >= 15 is 0 Å². The molecule has 3 heterocycles. The topological polar surface area (TPSA) is 66.7 Å². The molecule has 5 heteroatoms. The lowest BCUT2D eigenvalue weighted by Crippen LogP contribution is -2.23. The molecule has 0 amide bonds. The van der Waals surface area contributed by atoms with Gasteiger partial charge in [0.05, 0.1) is 11.4 Å². The molecule has 15 heavy (non-hydrogen) atoms. The van der Waals surface area contributed by atoms with Gasteiger partial charge in [0, 0.05) is 12.1 Å². The van der Waals surface area contributed by atoms with Crippen molar-refractivity contribution in [3.8, 4) is 11.5 Å². The fourth-order valence-electron chi connectivity index (χ4n) is 1.96. The molecule has 5 nitrogen and oxygen atoms in total. The van der Waals surface area contributed by atoms with Crippen molar-refractivity contribution in [3.05, 3.63) is 23.3 Å². The minimum absolute atomic E-state index is 0.786. The van der Waals surface area contributed by atoms with Gasteiger partial charge in [0.25, 0.3) is 0 Å². The van der Waals surface area contributed by atoms with Gasteiger partial charge in [-0.1, -0.05) is 0 Å². The Hall–Kier alpha value is -1.62. The van der Waals surface area contributed by atoms with Gasteiger partial charge in [-0.25, -0.2) is 4.98 Å². The molecule has 0 aromatic carbocycles. The first kappa shape index (κ1) is 8.67. The van der Waals surface area contributed by atoms with Gasteiger partial charge < -0.3 is 9.73 Å². The number of hydrogen-bond acceptors (Lipinski definition) is 4. The first-order valence-electron chi connectivity index (χ1n) is 5.03. The second-order valence-corrected chi connectivity index (χ2v) is 3.72. The Morgan fingerprint density at radius 2 is 2.40 bits per heavy atom. The first-order valence-corrected chi connectivity index (χ1v) is 5.03. The molecule has 78 valence electrons. The second kappa shape index (κ2) is 3.20. The van der Waals surface area contributed by atoms with Gasteiger partial charge in [0.2, 0.25) is 0 Å². The SMILES string of the molecule is Cc1ncoc1-c1n[nH]c2c1CCNC2. The van der Waals surface area contributed by atoms with Crippen molar-refractivity contribution in [3.63, 3.8) is 0 Å². The number of nitrogens with one attached hydrogen (secondary N) is 2. The Kier molecular flexibility index (Phi) is 1.85. The summed E-state index contributed by atoms with van der Waals surface area (Å²) in [6, 6.07) is 0. The molecule has 3 rings (SSSR count). The highest BCUT2D eigenvalue weighted by Crippen LogP contribution is 2.27. The number of aromatic amines is 1. The van der Waals surface area contributed by atoms with E-state index in [0.29, 0.717) is 0 Å². The van der Waals surface area contributed by atoms with Crippen LogP contribution < -0.4 is 5.32 Å². The molecule has 0 bridgehead atoms. The highest BCUT2D eigenvalue weighted by molar-refractivity contribution is 5.60. The Balaban J connectivity index is 2.13. The third-order valence-electron chi connectivity index (χ3n) is 2.77. The molecule has 2 N–H and O–H groups in total. The van der Waals surface area contributed by atoms with Crippen LogP contribution in [0.5, 0.6) is 0 Å². The summed E-state index contributed by atoms with van der Waals surface area (Å²) in [5.41, 5.74) is 4.23. The monoisotopic (exact) mass is 204 g/mol. The summed E-state index contributed by atoms with van der Waals surface area (Å²) in [5.74, 6) is 0.786. The lowest BCUT2D eigenvalue weighted by atomic mass is 10.0. The van der Waals surface area contributed by atoms with Crippen molar-refractivity contribution in [2.24, 2.45) is 0 Å². The van der Waals surface area contributed by atoms with E-state index in [-0.39, 0.29) is 0 Å². The average Bonchev–Trinajstić information content (AvgIpc) is 2.83. The zero-order valence-electron chi connectivity index (χ0n) is 8.50. The molecule has 0 saturated carbocycles. The smallest absolute Gasteiger partial charge is 0.181 e. The van der Waals surface area contributed by atoms with Crippen LogP contribution in [-0.2, 0) is 13.0 Å². The molecule has 0 aliphatic carbocycles. The van der Waals surface area contributed by atoms with Gasteiger partial charge in [-0.05, 0) is 19.9 Å². The average molecular weight is 204 g/mol. The minimum Gasteiger partial charge on any atom is -0.441 e. The van der Waals surface area contributed by atoms with Gasteiger partial charge >= 0.3 is 0 Å². The number of hydrogen-bond donors (Lipinski definition) is 2. The third kappa shape index (κ3) is 1.27. The summed E-state index contributed by atoms with van der Waals surface area (Å²) in [4.78, 5) is 4.09. The van der Waals surface area contributed by atoms with E-state index in [1.807, 2.05) is 6.92 Å². The third-order valence-corrected chi connectivity index (χ3v) is 2.77.